The van der Waals surface area contributed by atoms with Crippen molar-refractivity contribution in [2.24, 2.45) is 0 Å². The minimum atomic E-state index is 0.0951. The summed E-state index contributed by atoms with van der Waals surface area (Å²) in [5.41, 5.74) is 6.91. The van der Waals surface area contributed by atoms with Crippen LogP contribution in [0.3, 0.4) is 0 Å². The highest BCUT2D eigenvalue weighted by atomic mass is 32.1. The van der Waals surface area contributed by atoms with Gasteiger partial charge in [-0.15, -0.1) is 11.3 Å². The first-order chi connectivity index (χ1) is 14.0. The van der Waals surface area contributed by atoms with Crippen LogP contribution in [0.25, 0.3) is 11.1 Å². The molecule has 0 saturated carbocycles. The maximum atomic E-state index is 12.9. The Morgan fingerprint density at radius 2 is 1.97 bits per heavy atom. The number of piperidine rings is 1. The molecular formula is C23H25N3O2S. The van der Waals surface area contributed by atoms with Crippen molar-refractivity contribution in [2.75, 3.05) is 20.2 Å². The van der Waals surface area contributed by atoms with Gasteiger partial charge in [-0.2, -0.15) is 0 Å². The van der Waals surface area contributed by atoms with Gasteiger partial charge < -0.3 is 9.64 Å². The molecule has 6 heteroatoms. The standard InChI is InChI=1S/C23H25N3O2S/c1-15-11-19(17-6-8-20(28-3)9-7-17)12-21(25-15)18-5-4-10-26(13-18)23(27)22-16(2)24-14-29-22/h6-9,11-12,14,18H,4-5,10,13H2,1-3H3. The molecule has 0 radical (unpaired) electrons. The van der Waals surface area contributed by atoms with Crippen molar-refractivity contribution in [1.29, 1.82) is 0 Å². The molecule has 3 heterocycles. The first-order valence-corrected chi connectivity index (χ1v) is 10.8. The number of hydrogen-bond acceptors (Lipinski definition) is 5. The normalized spacial score (nSPS) is 16.7. The molecule has 1 atom stereocenters. The Bertz CT molecular complexity index is 1010. The summed E-state index contributed by atoms with van der Waals surface area (Å²) in [5, 5.41) is 0. The number of carbonyl (C=O) groups is 1. The van der Waals surface area contributed by atoms with Crippen LogP contribution < -0.4 is 4.74 Å². The molecule has 1 aliphatic rings. The Morgan fingerprint density at radius 1 is 1.17 bits per heavy atom. The third kappa shape index (κ3) is 4.17. The van der Waals surface area contributed by atoms with E-state index in [4.69, 9.17) is 9.72 Å². The number of aromatic nitrogens is 2. The number of rotatable bonds is 4. The first kappa shape index (κ1) is 19.6. The lowest BCUT2D eigenvalue weighted by molar-refractivity contribution is 0.0710. The molecule has 1 unspecified atom stereocenters. The van der Waals surface area contributed by atoms with Gasteiger partial charge in [0.05, 0.1) is 18.3 Å². The molecule has 29 heavy (non-hydrogen) atoms. The van der Waals surface area contributed by atoms with Crippen molar-refractivity contribution < 1.29 is 9.53 Å². The van der Waals surface area contributed by atoms with E-state index in [0.29, 0.717) is 6.54 Å². The Morgan fingerprint density at radius 3 is 2.66 bits per heavy atom. The van der Waals surface area contributed by atoms with Gasteiger partial charge in [-0.05, 0) is 62.1 Å². The average molecular weight is 408 g/mol. The van der Waals surface area contributed by atoms with Crippen molar-refractivity contribution in [1.82, 2.24) is 14.9 Å². The Balaban J connectivity index is 1.58. The molecule has 0 aliphatic carbocycles. The molecule has 0 bridgehead atoms. The summed E-state index contributed by atoms with van der Waals surface area (Å²) in [7, 11) is 1.67. The highest BCUT2D eigenvalue weighted by Crippen LogP contribution is 2.31. The highest BCUT2D eigenvalue weighted by molar-refractivity contribution is 7.11. The predicted octanol–water partition coefficient (Wildman–Crippen LogP) is 4.85. The van der Waals surface area contributed by atoms with Gasteiger partial charge in [0.2, 0.25) is 0 Å². The van der Waals surface area contributed by atoms with E-state index >= 15 is 0 Å². The SMILES string of the molecule is COc1ccc(-c2cc(C)nc(C3CCCN(C(=O)c4scnc4C)C3)c2)cc1. The summed E-state index contributed by atoms with van der Waals surface area (Å²) < 4.78 is 5.27. The fourth-order valence-corrected chi connectivity index (χ4v) is 4.68. The molecule has 1 aliphatic heterocycles. The number of benzene rings is 1. The second-order valence-electron chi connectivity index (χ2n) is 7.51. The van der Waals surface area contributed by atoms with Gasteiger partial charge in [0.25, 0.3) is 5.91 Å². The van der Waals surface area contributed by atoms with Gasteiger partial charge in [-0.25, -0.2) is 4.98 Å². The Labute approximate surface area is 175 Å². The molecule has 3 aromatic rings. The van der Waals surface area contributed by atoms with Crippen molar-refractivity contribution in [3.05, 3.63) is 63.9 Å². The molecule has 0 spiro atoms. The fourth-order valence-electron chi connectivity index (χ4n) is 3.91. The van der Waals surface area contributed by atoms with E-state index in [9.17, 15) is 4.79 Å². The highest BCUT2D eigenvalue weighted by Gasteiger charge is 2.28. The van der Waals surface area contributed by atoms with Crippen molar-refractivity contribution in [2.45, 2.75) is 32.6 Å². The van der Waals surface area contributed by atoms with Gasteiger partial charge in [-0.1, -0.05) is 12.1 Å². The largest absolute Gasteiger partial charge is 0.497 e. The second-order valence-corrected chi connectivity index (χ2v) is 8.36. The number of pyridine rings is 1. The van der Waals surface area contributed by atoms with Gasteiger partial charge >= 0.3 is 0 Å². The summed E-state index contributed by atoms with van der Waals surface area (Å²) in [6.07, 6.45) is 2.03. The molecule has 2 aromatic heterocycles. The number of amides is 1. The van der Waals surface area contributed by atoms with E-state index in [1.807, 2.05) is 30.9 Å². The van der Waals surface area contributed by atoms with Crippen LogP contribution in [0.15, 0.2) is 41.9 Å². The number of likely N-dealkylation sites (tertiary alicyclic amines) is 1. The molecular weight excluding hydrogens is 382 g/mol. The van der Waals surface area contributed by atoms with Crippen LogP contribution in [-0.2, 0) is 0 Å². The second kappa shape index (κ2) is 8.33. The van der Waals surface area contributed by atoms with Crippen LogP contribution in [-0.4, -0.2) is 41.0 Å². The van der Waals surface area contributed by atoms with Crippen molar-refractivity contribution in [3.8, 4) is 16.9 Å². The zero-order valence-electron chi connectivity index (χ0n) is 17.0. The predicted molar refractivity (Wildman–Crippen MR) is 116 cm³/mol. The van der Waals surface area contributed by atoms with Crippen molar-refractivity contribution >= 4 is 17.2 Å². The average Bonchev–Trinajstić information content (AvgIpc) is 3.18. The van der Waals surface area contributed by atoms with Crippen LogP contribution in [0.2, 0.25) is 0 Å². The maximum absolute atomic E-state index is 12.9. The number of carbonyl (C=O) groups excluding carboxylic acids is 1. The van der Waals surface area contributed by atoms with E-state index < -0.39 is 0 Å². The summed E-state index contributed by atoms with van der Waals surface area (Å²) in [6, 6.07) is 12.4. The lowest BCUT2D eigenvalue weighted by atomic mass is 9.92. The molecule has 1 aromatic carbocycles. The van der Waals surface area contributed by atoms with Crippen LogP contribution in [0, 0.1) is 13.8 Å². The monoisotopic (exact) mass is 407 g/mol. The molecule has 1 saturated heterocycles. The van der Waals surface area contributed by atoms with Gasteiger partial charge in [0.15, 0.2) is 0 Å². The lowest BCUT2D eigenvalue weighted by Crippen LogP contribution is -2.39. The maximum Gasteiger partial charge on any atom is 0.265 e. The number of aryl methyl sites for hydroxylation is 2. The van der Waals surface area contributed by atoms with Crippen molar-refractivity contribution in [3.63, 3.8) is 0 Å². The topological polar surface area (TPSA) is 55.3 Å². The van der Waals surface area contributed by atoms with Crippen LogP contribution in [0.5, 0.6) is 5.75 Å². The third-order valence-corrected chi connectivity index (χ3v) is 6.38. The zero-order chi connectivity index (χ0) is 20.4. The summed E-state index contributed by atoms with van der Waals surface area (Å²) in [6.45, 7) is 5.43. The van der Waals surface area contributed by atoms with E-state index in [1.165, 1.54) is 11.3 Å². The third-order valence-electron chi connectivity index (χ3n) is 5.46. The summed E-state index contributed by atoms with van der Waals surface area (Å²) in [5.74, 6) is 1.19. The number of methoxy groups -OCH3 is 1. The minimum Gasteiger partial charge on any atom is -0.497 e. The number of hydrogen-bond donors (Lipinski definition) is 0. The molecule has 4 rings (SSSR count). The fraction of sp³-hybridized carbons (Fsp3) is 0.348. The van der Waals surface area contributed by atoms with Gasteiger partial charge in [0.1, 0.15) is 10.6 Å². The molecule has 0 N–H and O–H groups in total. The molecule has 150 valence electrons. The number of thiazole rings is 1. The first-order valence-electron chi connectivity index (χ1n) is 9.87. The molecule has 1 amide bonds. The molecule has 1 fully saturated rings. The van der Waals surface area contributed by atoms with E-state index in [-0.39, 0.29) is 11.8 Å². The summed E-state index contributed by atoms with van der Waals surface area (Å²) >= 11 is 1.43. The Hall–Kier alpha value is -2.73. The van der Waals surface area contributed by atoms with Gasteiger partial charge in [-0.3, -0.25) is 9.78 Å². The van der Waals surface area contributed by atoms with Crippen LogP contribution in [0.4, 0.5) is 0 Å². The van der Waals surface area contributed by atoms with E-state index in [1.54, 1.807) is 12.6 Å². The minimum absolute atomic E-state index is 0.0951. The zero-order valence-corrected chi connectivity index (χ0v) is 17.8. The van der Waals surface area contributed by atoms with Crippen LogP contribution in [0.1, 0.15) is 45.5 Å². The van der Waals surface area contributed by atoms with Crippen LogP contribution >= 0.6 is 11.3 Å². The summed E-state index contributed by atoms with van der Waals surface area (Å²) in [4.78, 5) is 24.7. The Kier molecular flexibility index (Phi) is 5.62. The quantitative estimate of drug-likeness (QED) is 0.620. The number of ether oxygens (including phenoxy) is 1. The number of nitrogens with zero attached hydrogens (tertiary/aromatic N) is 3. The smallest absolute Gasteiger partial charge is 0.265 e. The van der Waals surface area contributed by atoms with Gasteiger partial charge in [0, 0.05) is 30.4 Å². The van der Waals surface area contributed by atoms with E-state index in [0.717, 1.165) is 58.2 Å². The molecule has 5 nitrogen and oxygen atoms in total. The van der Waals surface area contributed by atoms with E-state index in [2.05, 4.69) is 29.2 Å². The lowest BCUT2D eigenvalue weighted by Gasteiger charge is -2.32.